The Bertz CT molecular complexity index is 650. The van der Waals surface area contributed by atoms with E-state index in [9.17, 15) is 10.1 Å². The van der Waals surface area contributed by atoms with Crippen molar-refractivity contribution >= 4 is 34.8 Å². The standard InChI is InChI=1S/C13H15N5O2S/c1-3-14-12-11(18(19)20)13(16-8-15-12)17-9-6-4-5-7-10(9)21-2/h4-8H,3H2,1-2H3,(H2,14,15,16,17). The minimum atomic E-state index is -0.484. The predicted molar refractivity (Wildman–Crippen MR) is 84.4 cm³/mol. The summed E-state index contributed by atoms with van der Waals surface area (Å²) in [4.78, 5) is 19.7. The van der Waals surface area contributed by atoms with Crippen LogP contribution in [-0.4, -0.2) is 27.7 Å². The van der Waals surface area contributed by atoms with Crippen molar-refractivity contribution in [2.45, 2.75) is 11.8 Å². The van der Waals surface area contributed by atoms with Gasteiger partial charge in [-0.05, 0) is 25.3 Å². The Balaban J connectivity index is 2.44. The van der Waals surface area contributed by atoms with Gasteiger partial charge in [0.25, 0.3) is 0 Å². The van der Waals surface area contributed by atoms with Crippen molar-refractivity contribution in [2.75, 3.05) is 23.4 Å². The second-order valence-electron chi connectivity index (χ2n) is 4.03. The Kier molecular flexibility index (Phi) is 4.94. The van der Waals surface area contributed by atoms with Gasteiger partial charge in [-0.15, -0.1) is 11.8 Å². The molecule has 0 fully saturated rings. The SMILES string of the molecule is CCNc1ncnc(Nc2ccccc2SC)c1[N+](=O)[O-]. The average Bonchev–Trinajstić information content (AvgIpc) is 2.48. The van der Waals surface area contributed by atoms with Crippen LogP contribution in [0.25, 0.3) is 0 Å². The van der Waals surface area contributed by atoms with Crippen LogP contribution >= 0.6 is 11.8 Å². The summed E-state index contributed by atoms with van der Waals surface area (Å²) in [6, 6.07) is 7.56. The molecule has 0 saturated carbocycles. The monoisotopic (exact) mass is 305 g/mol. The van der Waals surface area contributed by atoms with Crippen molar-refractivity contribution in [3.8, 4) is 0 Å². The van der Waals surface area contributed by atoms with E-state index >= 15 is 0 Å². The Morgan fingerprint density at radius 1 is 1.29 bits per heavy atom. The van der Waals surface area contributed by atoms with Gasteiger partial charge in [0.2, 0.25) is 11.6 Å². The molecule has 1 aromatic carbocycles. The summed E-state index contributed by atoms with van der Waals surface area (Å²) in [5.41, 5.74) is 0.615. The lowest BCUT2D eigenvalue weighted by Gasteiger charge is -2.11. The molecule has 0 bridgehead atoms. The molecular formula is C13H15N5O2S. The van der Waals surface area contributed by atoms with E-state index in [1.165, 1.54) is 6.33 Å². The number of nitrogens with zero attached hydrogens (tertiary/aromatic N) is 3. The third-order valence-corrected chi connectivity index (χ3v) is 3.50. The van der Waals surface area contributed by atoms with Gasteiger partial charge in [0.15, 0.2) is 0 Å². The Morgan fingerprint density at radius 2 is 2.00 bits per heavy atom. The van der Waals surface area contributed by atoms with E-state index in [0.29, 0.717) is 6.54 Å². The highest BCUT2D eigenvalue weighted by Gasteiger charge is 2.23. The molecule has 0 atom stereocenters. The van der Waals surface area contributed by atoms with Gasteiger partial charge in [0, 0.05) is 11.4 Å². The number of anilines is 3. The Morgan fingerprint density at radius 3 is 2.67 bits per heavy atom. The number of hydrogen-bond donors (Lipinski definition) is 2. The summed E-state index contributed by atoms with van der Waals surface area (Å²) >= 11 is 1.55. The summed E-state index contributed by atoms with van der Waals surface area (Å²) < 4.78 is 0. The number of nitro groups is 1. The largest absolute Gasteiger partial charge is 0.364 e. The van der Waals surface area contributed by atoms with Gasteiger partial charge in [-0.25, -0.2) is 9.97 Å². The lowest BCUT2D eigenvalue weighted by atomic mass is 10.3. The quantitative estimate of drug-likeness (QED) is 0.480. The Hall–Kier alpha value is -2.35. The molecule has 2 aromatic rings. The van der Waals surface area contributed by atoms with E-state index in [-0.39, 0.29) is 17.3 Å². The fraction of sp³-hybridized carbons (Fsp3) is 0.231. The first-order valence-corrected chi connectivity index (χ1v) is 7.53. The molecule has 1 aromatic heterocycles. The van der Waals surface area contributed by atoms with E-state index in [1.54, 1.807) is 11.8 Å². The zero-order valence-electron chi connectivity index (χ0n) is 11.7. The highest BCUT2D eigenvalue weighted by atomic mass is 32.2. The third-order valence-electron chi connectivity index (χ3n) is 2.71. The molecule has 2 rings (SSSR count). The van der Waals surface area contributed by atoms with Gasteiger partial charge in [0.05, 0.1) is 10.6 Å². The first-order chi connectivity index (χ1) is 10.2. The fourth-order valence-corrected chi connectivity index (χ4v) is 2.37. The summed E-state index contributed by atoms with van der Waals surface area (Å²) in [6.07, 6.45) is 3.24. The topological polar surface area (TPSA) is 93.0 Å². The maximum Gasteiger partial charge on any atom is 0.353 e. The number of benzene rings is 1. The Labute approximate surface area is 126 Å². The molecule has 7 nitrogen and oxygen atoms in total. The highest BCUT2D eigenvalue weighted by molar-refractivity contribution is 7.98. The maximum atomic E-state index is 11.3. The zero-order valence-corrected chi connectivity index (χ0v) is 12.5. The molecule has 0 aliphatic heterocycles. The molecule has 1 heterocycles. The van der Waals surface area contributed by atoms with E-state index in [1.807, 2.05) is 37.4 Å². The van der Waals surface area contributed by atoms with E-state index in [2.05, 4.69) is 20.6 Å². The third kappa shape index (κ3) is 3.40. The number of rotatable bonds is 6. The first-order valence-electron chi connectivity index (χ1n) is 6.30. The van der Waals surface area contributed by atoms with Gasteiger partial charge in [-0.3, -0.25) is 10.1 Å². The zero-order chi connectivity index (χ0) is 15.2. The molecule has 8 heteroatoms. The molecule has 21 heavy (non-hydrogen) atoms. The van der Waals surface area contributed by atoms with E-state index in [4.69, 9.17) is 0 Å². The molecule has 0 unspecified atom stereocenters. The van der Waals surface area contributed by atoms with E-state index < -0.39 is 4.92 Å². The van der Waals surface area contributed by atoms with Crippen LogP contribution in [0.2, 0.25) is 0 Å². The van der Waals surface area contributed by atoms with Crippen LogP contribution in [-0.2, 0) is 0 Å². The van der Waals surface area contributed by atoms with Crippen LogP contribution in [0.5, 0.6) is 0 Å². The van der Waals surface area contributed by atoms with Gasteiger partial charge in [0.1, 0.15) is 6.33 Å². The van der Waals surface area contributed by atoms with Gasteiger partial charge >= 0.3 is 5.69 Å². The molecule has 0 radical (unpaired) electrons. The fourth-order valence-electron chi connectivity index (χ4n) is 1.82. The molecule has 0 aliphatic rings. The predicted octanol–water partition coefficient (Wildman–Crippen LogP) is 3.28. The van der Waals surface area contributed by atoms with Crippen molar-refractivity contribution in [3.63, 3.8) is 0 Å². The minimum absolute atomic E-state index is 0.157. The highest BCUT2D eigenvalue weighted by Crippen LogP contribution is 2.33. The summed E-state index contributed by atoms with van der Waals surface area (Å²) in [5.74, 6) is 0.383. The number of thioether (sulfide) groups is 1. The smallest absolute Gasteiger partial charge is 0.353 e. The molecule has 0 aliphatic carbocycles. The normalized spacial score (nSPS) is 10.2. The van der Waals surface area contributed by atoms with Crippen LogP contribution in [0.3, 0.4) is 0 Å². The van der Waals surface area contributed by atoms with Crippen molar-refractivity contribution in [3.05, 3.63) is 40.7 Å². The van der Waals surface area contributed by atoms with Crippen LogP contribution in [0, 0.1) is 10.1 Å². The molecule has 110 valence electrons. The van der Waals surface area contributed by atoms with Crippen LogP contribution in [0.4, 0.5) is 23.0 Å². The summed E-state index contributed by atoms with van der Waals surface area (Å²) in [5, 5.41) is 17.2. The van der Waals surface area contributed by atoms with Crippen LogP contribution in [0.15, 0.2) is 35.5 Å². The minimum Gasteiger partial charge on any atom is -0.364 e. The second kappa shape index (κ2) is 6.89. The number of hydrogen-bond acceptors (Lipinski definition) is 7. The summed E-state index contributed by atoms with van der Waals surface area (Å²) in [7, 11) is 0. The molecule has 0 amide bonds. The maximum absolute atomic E-state index is 11.3. The lowest BCUT2D eigenvalue weighted by molar-refractivity contribution is -0.383. The van der Waals surface area contributed by atoms with Crippen molar-refractivity contribution in [2.24, 2.45) is 0 Å². The number of aromatic nitrogens is 2. The summed E-state index contributed by atoms with van der Waals surface area (Å²) in [6.45, 7) is 2.39. The van der Waals surface area contributed by atoms with Crippen LogP contribution < -0.4 is 10.6 Å². The van der Waals surface area contributed by atoms with Crippen molar-refractivity contribution < 1.29 is 4.92 Å². The molecule has 0 spiro atoms. The number of nitrogens with one attached hydrogen (secondary N) is 2. The van der Waals surface area contributed by atoms with E-state index in [0.717, 1.165) is 10.6 Å². The number of para-hydroxylation sites is 1. The average molecular weight is 305 g/mol. The van der Waals surface area contributed by atoms with Crippen molar-refractivity contribution in [1.82, 2.24) is 9.97 Å². The van der Waals surface area contributed by atoms with Crippen molar-refractivity contribution in [1.29, 1.82) is 0 Å². The molecular weight excluding hydrogens is 290 g/mol. The van der Waals surface area contributed by atoms with Gasteiger partial charge in [-0.2, -0.15) is 0 Å². The molecule has 2 N–H and O–H groups in total. The van der Waals surface area contributed by atoms with Gasteiger partial charge < -0.3 is 10.6 Å². The molecule has 0 saturated heterocycles. The van der Waals surface area contributed by atoms with Gasteiger partial charge in [-0.1, -0.05) is 12.1 Å². The second-order valence-corrected chi connectivity index (χ2v) is 4.88. The lowest BCUT2D eigenvalue weighted by Crippen LogP contribution is -2.07. The first kappa shape index (κ1) is 15.0. The van der Waals surface area contributed by atoms with Crippen LogP contribution in [0.1, 0.15) is 6.92 Å².